The van der Waals surface area contributed by atoms with Crippen LogP contribution < -0.4 is 14.8 Å². The molecule has 0 saturated carbocycles. The Bertz CT molecular complexity index is 717. The Morgan fingerprint density at radius 3 is 2.55 bits per heavy atom. The van der Waals surface area contributed by atoms with Gasteiger partial charge < -0.3 is 14.8 Å². The molecular formula is C14H14N4O2. The molecule has 0 fully saturated rings. The fourth-order valence-electron chi connectivity index (χ4n) is 1.98. The van der Waals surface area contributed by atoms with Gasteiger partial charge in [0.05, 0.1) is 19.9 Å². The van der Waals surface area contributed by atoms with Crippen molar-refractivity contribution < 1.29 is 9.47 Å². The van der Waals surface area contributed by atoms with E-state index in [1.807, 2.05) is 36.5 Å². The molecule has 0 saturated heterocycles. The summed E-state index contributed by atoms with van der Waals surface area (Å²) in [5.74, 6) is 1.44. The van der Waals surface area contributed by atoms with Gasteiger partial charge in [0.15, 0.2) is 5.65 Å². The summed E-state index contributed by atoms with van der Waals surface area (Å²) < 4.78 is 12.2. The van der Waals surface area contributed by atoms with Gasteiger partial charge in [-0.1, -0.05) is 0 Å². The summed E-state index contributed by atoms with van der Waals surface area (Å²) in [6, 6.07) is 9.45. The Kier molecular flexibility index (Phi) is 3.12. The monoisotopic (exact) mass is 270 g/mol. The second kappa shape index (κ2) is 5.08. The summed E-state index contributed by atoms with van der Waals surface area (Å²) in [4.78, 5) is 4.23. The molecule has 20 heavy (non-hydrogen) atoms. The van der Waals surface area contributed by atoms with Gasteiger partial charge in [0.25, 0.3) is 0 Å². The molecule has 0 amide bonds. The highest BCUT2D eigenvalue weighted by Crippen LogP contribution is 2.28. The van der Waals surface area contributed by atoms with E-state index in [0.717, 1.165) is 28.5 Å². The SMILES string of the molecule is COc1cc(Nc2cccn3ncnc23)cc(OC)c1. The maximum Gasteiger partial charge on any atom is 0.178 e. The molecule has 0 aliphatic rings. The number of nitrogens with zero attached hydrogens (tertiary/aromatic N) is 3. The van der Waals surface area contributed by atoms with Crippen molar-refractivity contribution in [1.29, 1.82) is 0 Å². The van der Waals surface area contributed by atoms with Gasteiger partial charge in [-0.05, 0) is 12.1 Å². The van der Waals surface area contributed by atoms with Crippen LogP contribution in [0.2, 0.25) is 0 Å². The molecule has 2 aromatic heterocycles. The Balaban J connectivity index is 2.00. The van der Waals surface area contributed by atoms with Gasteiger partial charge in [-0.15, -0.1) is 0 Å². The lowest BCUT2D eigenvalue weighted by Gasteiger charge is -2.11. The molecule has 0 radical (unpaired) electrons. The standard InChI is InChI=1S/C14H14N4O2/c1-19-11-6-10(7-12(8-11)20-2)17-13-4-3-5-18-14(13)15-9-16-18/h3-9,17H,1-2H3. The lowest BCUT2D eigenvalue weighted by atomic mass is 10.2. The van der Waals surface area contributed by atoms with Gasteiger partial charge in [0.2, 0.25) is 0 Å². The molecule has 2 heterocycles. The summed E-state index contributed by atoms with van der Waals surface area (Å²) in [5.41, 5.74) is 2.48. The molecule has 3 rings (SSSR count). The van der Waals surface area contributed by atoms with Gasteiger partial charge in [-0.2, -0.15) is 5.10 Å². The highest BCUT2D eigenvalue weighted by Gasteiger charge is 2.06. The van der Waals surface area contributed by atoms with Crippen LogP contribution in [0.3, 0.4) is 0 Å². The zero-order valence-electron chi connectivity index (χ0n) is 11.2. The fourth-order valence-corrected chi connectivity index (χ4v) is 1.98. The van der Waals surface area contributed by atoms with Crippen molar-refractivity contribution >= 4 is 17.0 Å². The summed E-state index contributed by atoms with van der Waals surface area (Å²) in [6.07, 6.45) is 3.37. The van der Waals surface area contributed by atoms with E-state index in [-0.39, 0.29) is 0 Å². The van der Waals surface area contributed by atoms with E-state index in [9.17, 15) is 0 Å². The molecule has 0 atom stereocenters. The van der Waals surface area contributed by atoms with Crippen molar-refractivity contribution in [1.82, 2.24) is 14.6 Å². The van der Waals surface area contributed by atoms with Crippen LogP contribution >= 0.6 is 0 Å². The predicted molar refractivity (Wildman–Crippen MR) is 75.8 cm³/mol. The number of rotatable bonds is 4. The van der Waals surface area contributed by atoms with Crippen LogP contribution in [-0.2, 0) is 0 Å². The van der Waals surface area contributed by atoms with Gasteiger partial charge in [-0.25, -0.2) is 9.50 Å². The van der Waals surface area contributed by atoms with Gasteiger partial charge in [-0.3, -0.25) is 0 Å². The average Bonchev–Trinajstić information content (AvgIpc) is 2.96. The third-order valence-corrected chi connectivity index (χ3v) is 2.93. The van der Waals surface area contributed by atoms with Crippen LogP contribution in [0.15, 0.2) is 42.9 Å². The molecule has 6 nitrogen and oxygen atoms in total. The highest BCUT2D eigenvalue weighted by molar-refractivity contribution is 5.74. The molecule has 0 spiro atoms. The quantitative estimate of drug-likeness (QED) is 0.789. The Hall–Kier alpha value is -2.76. The number of aromatic nitrogens is 3. The van der Waals surface area contributed by atoms with Crippen LogP contribution in [0.5, 0.6) is 11.5 Å². The molecule has 102 valence electrons. The molecule has 1 N–H and O–H groups in total. The highest BCUT2D eigenvalue weighted by atomic mass is 16.5. The maximum absolute atomic E-state index is 5.25. The summed E-state index contributed by atoms with van der Waals surface area (Å²) in [5, 5.41) is 7.40. The largest absolute Gasteiger partial charge is 0.497 e. The van der Waals surface area contributed by atoms with E-state index in [4.69, 9.17) is 9.47 Å². The third-order valence-electron chi connectivity index (χ3n) is 2.93. The lowest BCUT2D eigenvalue weighted by molar-refractivity contribution is 0.395. The number of ether oxygens (including phenoxy) is 2. The van der Waals surface area contributed by atoms with Crippen molar-refractivity contribution in [3.63, 3.8) is 0 Å². The van der Waals surface area contributed by atoms with Crippen LogP contribution in [0, 0.1) is 0 Å². The van der Waals surface area contributed by atoms with Gasteiger partial charge in [0.1, 0.15) is 17.8 Å². The number of hydrogen-bond donors (Lipinski definition) is 1. The zero-order chi connectivity index (χ0) is 13.9. The molecule has 0 aliphatic carbocycles. The summed E-state index contributed by atoms with van der Waals surface area (Å²) in [7, 11) is 3.25. The van der Waals surface area contributed by atoms with E-state index in [0.29, 0.717) is 0 Å². The normalized spacial score (nSPS) is 10.5. The fraction of sp³-hybridized carbons (Fsp3) is 0.143. The van der Waals surface area contributed by atoms with Crippen LogP contribution in [0.25, 0.3) is 5.65 Å². The molecule has 0 bridgehead atoms. The van der Waals surface area contributed by atoms with E-state index >= 15 is 0 Å². The maximum atomic E-state index is 5.25. The number of pyridine rings is 1. The van der Waals surface area contributed by atoms with Crippen molar-refractivity contribution in [2.75, 3.05) is 19.5 Å². The smallest absolute Gasteiger partial charge is 0.178 e. The Morgan fingerprint density at radius 2 is 1.85 bits per heavy atom. The van der Waals surface area contributed by atoms with Crippen molar-refractivity contribution in [2.24, 2.45) is 0 Å². The van der Waals surface area contributed by atoms with Crippen LogP contribution in [0.1, 0.15) is 0 Å². The van der Waals surface area contributed by atoms with E-state index in [1.165, 1.54) is 6.33 Å². The second-order valence-corrected chi connectivity index (χ2v) is 4.18. The Morgan fingerprint density at radius 1 is 1.10 bits per heavy atom. The Labute approximate surface area is 116 Å². The molecule has 0 aliphatic heterocycles. The van der Waals surface area contributed by atoms with Gasteiger partial charge in [0, 0.05) is 30.1 Å². The second-order valence-electron chi connectivity index (χ2n) is 4.18. The number of hydrogen-bond acceptors (Lipinski definition) is 5. The number of benzene rings is 1. The summed E-state index contributed by atoms with van der Waals surface area (Å²) >= 11 is 0. The van der Waals surface area contributed by atoms with Crippen LogP contribution in [-0.4, -0.2) is 28.8 Å². The minimum atomic E-state index is 0.722. The van der Waals surface area contributed by atoms with E-state index < -0.39 is 0 Å². The minimum Gasteiger partial charge on any atom is -0.497 e. The first kappa shape index (κ1) is 12.3. The molecule has 3 aromatic rings. The number of methoxy groups -OCH3 is 2. The lowest BCUT2D eigenvalue weighted by Crippen LogP contribution is -1.97. The molecular weight excluding hydrogens is 256 g/mol. The van der Waals surface area contributed by atoms with Crippen LogP contribution in [0.4, 0.5) is 11.4 Å². The topological polar surface area (TPSA) is 60.7 Å². The van der Waals surface area contributed by atoms with Gasteiger partial charge >= 0.3 is 0 Å². The first-order valence-corrected chi connectivity index (χ1v) is 6.08. The molecule has 1 aromatic carbocycles. The molecule has 6 heteroatoms. The first-order valence-electron chi connectivity index (χ1n) is 6.08. The number of fused-ring (bicyclic) bond motifs is 1. The number of anilines is 2. The zero-order valence-corrected chi connectivity index (χ0v) is 11.2. The van der Waals surface area contributed by atoms with Crippen molar-refractivity contribution in [3.05, 3.63) is 42.9 Å². The average molecular weight is 270 g/mol. The van der Waals surface area contributed by atoms with Crippen molar-refractivity contribution in [3.8, 4) is 11.5 Å². The van der Waals surface area contributed by atoms with E-state index in [2.05, 4.69) is 15.4 Å². The predicted octanol–water partition coefficient (Wildman–Crippen LogP) is 2.49. The third kappa shape index (κ3) is 2.23. The summed E-state index contributed by atoms with van der Waals surface area (Å²) in [6.45, 7) is 0. The molecule has 0 unspecified atom stereocenters. The first-order chi connectivity index (χ1) is 9.80. The van der Waals surface area contributed by atoms with Crippen molar-refractivity contribution in [2.45, 2.75) is 0 Å². The number of nitrogens with one attached hydrogen (secondary N) is 1. The minimum absolute atomic E-state index is 0.722. The van der Waals surface area contributed by atoms with E-state index in [1.54, 1.807) is 18.7 Å².